The number of nitrogens with zero attached hydrogens (tertiary/aromatic N) is 1. The summed E-state index contributed by atoms with van der Waals surface area (Å²) in [6, 6.07) is 2.61. The van der Waals surface area contributed by atoms with Crippen LogP contribution in [0, 0.1) is 5.82 Å². The highest BCUT2D eigenvalue weighted by Gasteiger charge is 2.42. The van der Waals surface area contributed by atoms with Gasteiger partial charge in [0.05, 0.1) is 7.11 Å². The van der Waals surface area contributed by atoms with Crippen LogP contribution in [0.5, 0.6) is 5.75 Å². The van der Waals surface area contributed by atoms with Gasteiger partial charge in [-0.2, -0.15) is 4.99 Å². The Hall–Kier alpha value is -1.74. The molecule has 1 aromatic carbocycles. The lowest BCUT2D eigenvalue weighted by Gasteiger charge is -2.38. The number of halogens is 2. The van der Waals surface area contributed by atoms with E-state index < -0.39 is 18.0 Å². The van der Waals surface area contributed by atoms with Crippen LogP contribution < -0.4 is 4.74 Å². The number of hydrogen-bond acceptors (Lipinski definition) is 3. The van der Waals surface area contributed by atoms with Crippen molar-refractivity contribution in [1.29, 1.82) is 0 Å². The minimum absolute atomic E-state index is 0.0332. The van der Waals surface area contributed by atoms with E-state index in [4.69, 9.17) is 4.74 Å². The normalized spacial score (nSPS) is 16.6. The monoisotopic (exact) mass is 253 g/mol. The van der Waals surface area contributed by atoms with Gasteiger partial charge < -0.3 is 4.74 Å². The average molecular weight is 253 g/mol. The average Bonchev–Trinajstić information content (AvgIpc) is 2.32. The molecule has 0 radical (unpaired) electrons. The summed E-state index contributed by atoms with van der Waals surface area (Å²) in [7, 11) is 1.34. The molecule has 3 nitrogen and oxygen atoms in total. The highest BCUT2D eigenvalue weighted by Crippen LogP contribution is 2.49. The van der Waals surface area contributed by atoms with Crippen LogP contribution in [0.1, 0.15) is 30.4 Å². The molecule has 18 heavy (non-hydrogen) atoms. The number of ether oxygens (including phenoxy) is 1. The summed E-state index contributed by atoms with van der Waals surface area (Å²) >= 11 is 0. The van der Waals surface area contributed by atoms with Crippen molar-refractivity contribution < 1.29 is 18.3 Å². The third kappa shape index (κ3) is 1.91. The number of rotatable bonds is 4. The molecule has 0 amide bonds. The van der Waals surface area contributed by atoms with Crippen molar-refractivity contribution in [2.75, 3.05) is 7.11 Å². The maximum absolute atomic E-state index is 13.8. The number of hydrogen-bond donors (Lipinski definition) is 0. The third-order valence-corrected chi connectivity index (χ3v) is 3.40. The van der Waals surface area contributed by atoms with Gasteiger partial charge in [0.15, 0.2) is 11.6 Å². The zero-order valence-electron chi connectivity index (χ0n) is 10.0. The molecule has 1 fully saturated rings. The Balaban J connectivity index is 2.60. The van der Waals surface area contributed by atoms with Crippen molar-refractivity contribution in [3.8, 4) is 5.75 Å². The Morgan fingerprint density at radius 1 is 1.50 bits per heavy atom. The molecule has 1 saturated carbocycles. The molecular weight excluding hydrogens is 240 g/mol. The second kappa shape index (κ2) is 4.86. The van der Waals surface area contributed by atoms with Gasteiger partial charge in [-0.15, -0.1) is 0 Å². The van der Waals surface area contributed by atoms with Crippen molar-refractivity contribution in [1.82, 2.24) is 0 Å². The number of methoxy groups -OCH3 is 1. The lowest BCUT2D eigenvalue weighted by atomic mass is 9.71. The standard InChI is InChI=1S/C13H13F2NO2/c1-18-12-10(5-9(7-14)6-11(12)15)13(16-8-17)3-2-4-13/h5-6H,2-4,7H2,1H3. The lowest BCUT2D eigenvalue weighted by molar-refractivity contribution is 0.242. The van der Waals surface area contributed by atoms with Crippen LogP contribution in [-0.4, -0.2) is 13.2 Å². The second-order valence-corrected chi connectivity index (χ2v) is 4.38. The summed E-state index contributed by atoms with van der Waals surface area (Å²) in [6.07, 6.45) is 3.64. The molecule has 5 heteroatoms. The summed E-state index contributed by atoms with van der Waals surface area (Å²) in [5.74, 6) is -0.596. The molecule has 0 spiro atoms. The van der Waals surface area contributed by atoms with E-state index in [1.165, 1.54) is 19.3 Å². The fourth-order valence-corrected chi connectivity index (χ4v) is 2.32. The van der Waals surface area contributed by atoms with Crippen molar-refractivity contribution in [2.45, 2.75) is 31.5 Å². The van der Waals surface area contributed by atoms with Crippen molar-refractivity contribution in [3.05, 3.63) is 29.1 Å². The van der Waals surface area contributed by atoms with Gasteiger partial charge in [0.25, 0.3) is 0 Å². The van der Waals surface area contributed by atoms with E-state index >= 15 is 0 Å². The minimum Gasteiger partial charge on any atom is -0.493 e. The number of isocyanates is 1. The largest absolute Gasteiger partial charge is 0.493 e. The summed E-state index contributed by atoms with van der Waals surface area (Å²) < 4.78 is 31.5. The highest BCUT2D eigenvalue weighted by atomic mass is 19.1. The van der Waals surface area contributed by atoms with E-state index in [1.54, 1.807) is 0 Å². The molecule has 0 saturated heterocycles. The van der Waals surface area contributed by atoms with Gasteiger partial charge in [-0.1, -0.05) is 0 Å². The summed E-state index contributed by atoms with van der Waals surface area (Å²) in [5.41, 5.74) is -0.137. The van der Waals surface area contributed by atoms with Crippen LogP contribution >= 0.6 is 0 Å². The Kier molecular flexibility index (Phi) is 3.43. The first kappa shape index (κ1) is 12.7. The molecule has 0 unspecified atom stereocenters. The molecule has 1 aliphatic rings. The Morgan fingerprint density at radius 3 is 2.67 bits per heavy atom. The topological polar surface area (TPSA) is 38.7 Å². The molecule has 0 atom stereocenters. The van der Waals surface area contributed by atoms with Crippen LogP contribution in [0.25, 0.3) is 0 Å². The Morgan fingerprint density at radius 2 is 2.22 bits per heavy atom. The fraction of sp³-hybridized carbons (Fsp3) is 0.462. The summed E-state index contributed by atoms with van der Waals surface area (Å²) in [4.78, 5) is 14.3. The molecule has 0 aromatic heterocycles. The minimum atomic E-state index is -0.793. The highest BCUT2D eigenvalue weighted by molar-refractivity contribution is 5.47. The molecule has 96 valence electrons. The number of alkyl halides is 1. The van der Waals surface area contributed by atoms with Crippen molar-refractivity contribution in [3.63, 3.8) is 0 Å². The quantitative estimate of drug-likeness (QED) is 0.611. The summed E-state index contributed by atoms with van der Waals surface area (Å²) in [5, 5.41) is 0. The smallest absolute Gasteiger partial charge is 0.235 e. The molecule has 0 aliphatic heterocycles. The fourth-order valence-electron chi connectivity index (χ4n) is 2.32. The van der Waals surface area contributed by atoms with Gasteiger partial charge in [0.1, 0.15) is 12.2 Å². The maximum atomic E-state index is 13.8. The van der Waals surface area contributed by atoms with Crippen LogP contribution in [0.2, 0.25) is 0 Å². The number of aliphatic imine (C=N–C) groups is 1. The van der Waals surface area contributed by atoms with E-state index in [9.17, 15) is 13.6 Å². The maximum Gasteiger partial charge on any atom is 0.235 e. The van der Waals surface area contributed by atoms with Crippen LogP contribution in [0.3, 0.4) is 0 Å². The third-order valence-electron chi connectivity index (χ3n) is 3.40. The van der Waals surface area contributed by atoms with E-state index in [1.807, 2.05) is 0 Å². The first-order chi connectivity index (χ1) is 8.66. The SMILES string of the molecule is COc1c(F)cc(CF)cc1C1(N=C=O)CCC1. The molecular formula is C13H13F2NO2. The van der Waals surface area contributed by atoms with Gasteiger partial charge in [-0.05, 0) is 37.0 Å². The lowest BCUT2D eigenvalue weighted by Crippen LogP contribution is -2.32. The van der Waals surface area contributed by atoms with Crippen LogP contribution in [-0.2, 0) is 17.0 Å². The molecule has 2 rings (SSSR count). The zero-order valence-corrected chi connectivity index (χ0v) is 10.0. The predicted octanol–water partition coefficient (Wildman–Crippen LogP) is 3.02. The van der Waals surface area contributed by atoms with Gasteiger partial charge in [-0.3, -0.25) is 0 Å². The Bertz CT molecular complexity index is 506. The van der Waals surface area contributed by atoms with Gasteiger partial charge in [0.2, 0.25) is 6.08 Å². The molecule has 0 bridgehead atoms. The van der Waals surface area contributed by atoms with Crippen molar-refractivity contribution >= 4 is 6.08 Å². The van der Waals surface area contributed by atoms with Gasteiger partial charge >= 0.3 is 0 Å². The zero-order chi connectivity index (χ0) is 13.2. The van der Waals surface area contributed by atoms with Crippen molar-refractivity contribution in [2.24, 2.45) is 4.99 Å². The van der Waals surface area contributed by atoms with E-state index in [-0.39, 0.29) is 11.3 Å². The summed E-state index contributed by atoms with van der Waals surface area (Å²) in [6.45, 7) is -0.769. The first-order valence-electron chi connectivity index (χ1n) is 5.69. The molecule has 1 aromatic rings. The van der Waals surface area contributed by atoms with Crippen LogP contribution in [0.4, 0.5) is 8.78 Å². The predicted molar refractivity (Wildman–Crippen MR) is 61.4 cm³/mol. The van der Waals surface area contributed by atoms with Gasteiger partial charge in [0, 0.05) is 5.56 Å². The first-order valence-corrected chi connectivity index (χ1v) is 5.69. The Labute approximate surface area is 103 Å². The molecule has 0 heterocycles. The van der Waals surface area contributed by atoms with E-state index in [0.29, 0.717) is 18.4 Å². The number of benzene rings is 1. The van der Waals surface area contributed by atoms with E-state index in [2.05, 4.69) is 4.99 Å². The second-order valence-electron chi connectivity index (χ2n) is 4.38. The van der Waals surface area contributed by atoms with E-state index in [0.717, 1.165) is 12.5 Å². The molecule has 1 aliphatic carbocycles. The number of carbonyl (C=O) groups excluding carboxylic acids is 1. The molecule has 0 N–H and O–H groups in total. The van der Waals surface area contributed by atoms with Gasteiger partial charge in [-0.25, -0.2) is 13.6 Å². The van der Waals surface area contributed by atoms with Crippen LogP contribution in [0.15, 0.2) is 17.1 Å².